The van der Waals surface area contributed by atoms with E-state index in [1.165, 1.54) is 6.42 Å². The van der Waals surface area contributed by atoms with Gasteiger partial charge in [0.15, 0.2) is 54.3 Å². The van der Waals surface area contributed by atoms with Crippen LogP contribution in [0.15, 0.2) is 36.4 Å². The zero-order chi connectivity index (χ0) is 49.5. The number of rotatable bonds is 39. The highest BCUT2D eigenvalue weighted by atomic mass is 16.6. The number of hydrogen-bond acceptors (Lipinski definition) is 12. The van der Waals surface area contributed by atoms with Crippen molar-refractivity contribution in [3.8, 4) is 34.5 Å². The molecule has 0 heterocycles. The molecule has 0 aliphatic heterocycles. The lowest BCUT2D eigenvalue weighted by atomic mass is 9.93. The number of ether oxygens (including phenoxy) is 9. The van der Waals surface area contributed by atoms with Crippen molar-refractivity contribution in [2.45, 2.75) is 176 Å². The van der Waals surface area contributed by atoms with E-state index in [2.05, 4.69) is 20.8 Å². The van der Waals surface area contributed by atoms with Crippen molar-refractivity contribution in [3.63, 3.8) is 0 Å². The van der Waals surface area contributed by atoms with Crippen LogP contribution in [0.5, 0.6) is 34.5 Å². The molecule has 0 atom stereocenters. The third-order valence-corrected chi connectivity index (χ3v) is 12.0. The maximum absolute atomic E-state index is 12.9. The summed E-state index contributed by atoms with van der Waals surface area (Å²) in [7, 11) is 0. The van der Waals surface area contributed by atoms with Crippen LogP contribution in [0.25, 0.3) is 32.3 Å². The van der Waals surface area contributed by atoms with Gasteiger partial charge in [0, 0.05) is 0 Å². The van der Waals surface area contributed by atoms with Crippen molar-refractivity contribution in [1.82, 2.24) is 0 Å². The van der Waals surface area contributed by atoms with E-state index in [0.717, 1.165) is 161 Å². The normalized spacial score (nSPS) is 11.2. The average molecular weight is 961 g/mol. The highest BCUT2D eigenvalue weighted by Crippen LogP contribution is 2.47. The minimum atomic E-state index is -0.469. The van der Waals surface area contributed by atoms with E-state index in [0.29, 0.717) is 74.1 Å². The Balaban J connectivity index is 1.98. The third kappa shape index (κ3) is 19.7. The van der Waals surface area contributed by atoms with E-state index < -0.39 is 17.9 Å². The van der Waals surface area contributed by atoms with Crippen molar-refractivity contribution < 1.29 is 57.0 Å². The van der Waals surface area contributed by atoms with Gasteiger partial charge in [0.05, 0.1) is 39.6 Å². The second kappa shape index (κ2) is 33.4. The number of unbranched alkanes of at least 4 members (excludes halogenated alkanes) is 15. The van der Waals surface area contributed by atoms with Gasteiger partial charge in [-0.05, 0) is 107 Å². The van der Waals surface area contributed by atoms with E-state index in [9.17, 15) is 14.4 Å². The van der Waals surface area contributed by atoms with Gasteiger partial charge < -0.3 is 42.6 Å². The molecule has 0 radical (unpaired) electrons. The van der Waals surface area contributed by atoms with Gasteiger partial charge in [-0.25, -0.2) is 14.4 Å². The Morgan fingerprint density at radius 3 is 0.725 bits per heavy atom. The number of benzene rings is 4. The number of hydrogen-bond donors (Lipinski definition) is 0. The highest BCUT2D eigenvalue weighted by molar-refractivity contribution is 6.27. The van der Waals surface area contributed by atoms with Crippen molar-refractivity contribution in [3.05, 3.63) is 36.4 Å². The summed E-state index contributed by atoms with van der Waals surface area (Å²) < 4.78 is 54.9. The molecule has 12 heteroatoms. The zero-order valence-electron chi connectivity index (χ0n) is 43.1. The molecule has 0 aliphatic carbocycles. The van der Waals surface area contributed by atoms with Crippen molar-refractivity contribution in [1.29, 1.82) is 0 Å². The van der Waals surface area contributed by atoms with Crippen LogP contribution in [0.1, 0.15) is 176 Å². The lowest BCUT2D eigenvalue weighted by molar-refractivity contribution is -0.147. The molecule has 0 N–H and O–H groups in total. The second-order valence-electron chi connectivity index (χ2n) is 17.9. The fourth-order valence-corrected chi connectivity index (χ4v) is 7.88. The molecule has 0 spiro atoms. The summed E-state index contributed by atoms with van der Waals surface area (Å²) in [6.07, 6.45) is 20.9. The molecule has 0 saturated heterocycles. The van der Waals surface area contributed by atoms with Crippen molar-refractivity contribution >= 4 is 50.2 Å². The number of carbonyl (C=O) groups is 3. The maximum Gasteiger partial charge on any atom is 0.344 e. The van der Waals surface area contributed by atoms with Gasteiger partial charge in [0.25, 0.3) is 0 Å². The quantitative estimate of drug-likeness (QED) is 0.0182. The van der Waals surface area contributed by atoms with Gasteiger partial charge in [-0.2, -0.15) is 0 Å². The van der Waals surface area contributed by atoms with Crippen LogP contribution in [0.4, 0.5) is 0 Å². The Morgan fingerprint density at radius 2 is 0.493 bits per heavy atom. The standard InChI is InChI=1S/C57H84O12/c1-7-13-19-22-25-31-61-49-34-43-44-35-50(62-32-26-23-20-14-8-2)53(68-41-56(59)65-29-17-11-5)38-47(44)48-39-54(69-42-57(60)66-30-18-12-6)51(63-33-27-24-21-15-9-3)36-45(48)46(43)37-52(49)67-40-55(58)64-28-16-10-4/h34-39H,7-33,40-42H2,1-6H3. The van der Waals surface area contributed by atoms with E-state index in [4.69, 9.17) is 42.6 Å². The number of fused-ring (bicyclic) bond motifs is 6. The van der Waals surface area contributed by atoms with Crippen LogP contribution in [-0.4, -0.2) is 77.4 Å². The molecule has 0 fully saturated rings. The first-order chi connectivity index (χ1) is 33.8. The predicted molar refractivity (Wildman–Crippen MR) is 276 cm³/mol. The molecular weight excluding hydrogens is 877 g/mol. The Hall–Kier alpha value is -5.13. The Bertz CT molecular complexity index is 2130. The molecular formula is C57H84O12. The molecule has 0 saturated carbocycles. The smallest absolute Gasteiger partial charge is 0.344 e. The number of esters is 3. The molecule has 0 bridgehead atoms. The van der Waals surface area contributed by atoms with Gasteiger partial charge in [0.2, 0.25) is 0 Å². The maximum atomic E-state index is 12.9. The molecule has 384 valence electrons. The Morgan fingerprint density at radius 1 is 0.275 bits per heavy atom. The summed E-state index contributed by atoms with van der Waals surface area (Å²) >= 11 is 0. The zero-order valence-corrected chi connectivity index (χ0v) is 43.1. The van der Waals surface area contributed by atoms with Gasteiger partial charge in [0.1, 0.15) is 0 Å². The lowest BCUT2D eigenvalue weighted by Gasteiger charge is -2.20. The Kier molecular flexibility index (Phi) is 27.3. The van der Waals surface area contributed by atoms with E-state index in [1.54, 1.807) is 0 Å². The monoisotopic (exact) mass is 961 g/mol. The van der Waals surface area contributed by atoms with Gasteiger partial charge in [-0.15, -0.1) is 0 Å². The second-order valence-corrected chi connectivity index (χ2v) is 17.9. The van der Waals surface area contributed by atoms with Crippen molar-refractivity contribution in [2.75, 3.05) is 59.5 Å². The fourth-order valence-electron chi connectivity index (χ4n) is 7.88. The molecule has 0 unspecified atom stereocenters. The summed E-state index contributed by atoms with van der Waals surface area (Å²) in [4.78, 5) is 38.8. The number of carbonyl (C=O) groups excluding carboxylic acids is 3. The molecule has 0 aromatic heterocycles. The van der Waals surface area contributed by atoms with Crippen molar-refractivity contribution in [2.24, 2.45) is 0 Å². The van der Waals surface area contributed by atoms with Crippen LogP contribution in [0, 0.1) is 0 Å². The minimum absolute atomic E-state index is 0.288. The van der Waals surface area contributed by atoms with Crippen LogP contribution < -0.4 is 28.4 Å². The van der Waals surface area contributed by atoms with Crippen LogP contribution in [0.3, 0.4) is 0 Å². The topological polar surface area (TPSA) is 134 Å². The third-order valence-electron chi connectivity index (χ3n) is 12.0. The molecule has 4 aromatic rings. The van der Waals surface area contributed by atoms with Crippen LogP contribution >= 0.6 is 0 Å². The van der Waals surface area contributed by atoms with Gasteiger partial charge in [-0.1, -0.05) is 138 Å². The first-order valence-corrected chi connectivity index (χ1v) is 26.6. The first kappa shape index (κ1) is 56.5. The Labute approximate surface area is 412 Å². The van der Waals surface area contributed by atoms with E-state index in [1.807, 2.05) is 57.2 Å². The molecule has 0 amide bonds. The molecule has 4 rings (SSSR count). The van der Waals surface area contributed by atoms with Gasteiger partial charge >= 0.3 is 17.9 Å². The van der Waals surface area contributed by atoms with Crippen LogP contribution in [-0.2, 0) is 28.6 Å². The van der Waals surface area contributed by atoms with E-state index in [-0.39, 0.29) is 19.8 Å². The first-order valence-electron chi connectivity index (χ1n) is 26.6. The summed E-state index contributed by atoms with van der Waals surface area (Å²) in [5.41, 5.74) is 0. The van der Waals surface area contributed by atoms with Crippen LogP contribution in [0.2, 0.25) is 0 Å². The summed E-state index contributed by atoms with van der Waals surface area (Å²) in [6.45, 7) is 14.2. The largest absolute Gasteiger partial charge is 0.490 e. The lowest BCUT2D eigenvalue weighted by Crippen LogP contribution is -2.16. The highest BCUT2D eigenvalue weighted by Gasteiger charge is 2.22. The summed E-state index contributed by atoms with van der Waals surface area (Å²) in [5, 5.41) is 4.81. The van der Waals surface area contributed by atoms with Gasteiger partial charge in [-0.3, -0.25) is 0 Å². The average Bonchev–Trinajstić information content (AvgIpc) is 3.35. The summed E-state index contributed by atoms with van der Waals surface area (Å²) in [6, 6.07) is 11.6. The minimum Gasteiger partial charge on any atom is -0.490 e. The molecule has 69 heavy (non-hydrogen) atoms. The molecule has 12 nitrogen and oxygen atoms in total. The molecule has 0 aliphatic rings. The van der Waals surface area contributed by atoms with E-state index >= 15 is 0 Å². The predicted octanol–water partition coefficient (Wildman–Crippen LogP) is 14.4. The molecule has 4 aromatic carbocycles. The fraction of sp³-hybridized carbons (Fsp3) is 0.632. The summed E-state index contributed by atoms with van der Waals surface area (Å²) in [5.74, 6) is 1.25. The SMILES string of the molecule is CCCCCCCOc1cc2c3cc(OCCCCCCC)c(OCC(=O)OCCCC)cc3c3cc(OCC(=O)OCCCC)c(OCCCCCCC)cc3c2cc1OCC(=O)OCCCC.